The minimum atomic E-state index is -0.904. The van der Waals surface area contributed by atoms with Crippen LogP contribution in [0.15, 0.2) is 18.2 Å². The molecule has 2 aliphatic rings. The van der Waals surface area contributed by atoms with Crippen molar-refractivity contribution in [3.8, 4) is 0 Å². The van der Waals surface area contributed by atoms with E-state index in [1.165, 1.54) is 5.56 Å². The number of rotatable bonds is 2. The summed E-state index contributed by atoms with van der Waals surface area (Å²) >= 11 is 0. The summed E-state index contributed by atoms with van der Waals surface area (Å²) in [5, 5.41) is 30.5. The molecule has 4 heteroatoms. The van der Waals surface area contributed by atoms with Crippen molar-refractivity contribution >= 4 is 5.97 Å². The van der Waals surface area contributed by atoms with Gasteiger partial charge in [-0.05, 0) is 74.5 Å². The molecule has 3 rings (SSSR count). The number of aryl methyl sites for hydroxylation is 1. The van der Waals surface area contributed by atoms with Crippen molar-refractivity contribution in [2.24, 2.45) is 11.3 Å². The molecule has 3 N–H and O–H groups in total. The highest BCUT2D eigenvalue weighted by Gasteiger charge is 2.57. The van der Waals surface area contributed by atoms with E-state index in [1.54, 1.807) is 20.8 Å². The lowest BCUT2D eigenvalue weighted by atomic mass is 9.49. The fraction of sp³-hybridized carbons (Fsp3) is 0.650. The standard InChI is InChI=1S/C20H28O4/c1-18(2,24)13-6-7-15-12(9-13)5-8-16-19(15,3)10-14(21)11-20(16,4)17(22)23/h6-7,9,14,16,21,24H,5,8,10-11H2,1-4H3,(H,22,23)/t14-,16+,19-,20-/m1/s1. The molecule has 0 spiro atoms. The van der Waals surface area contributed by atoms with Crippen molar-refractivity contribution < 1.29 is 20.1 Å². The third-order valence-corrected chi connectivity index (χ3v) is 6.48. The summed E-state index contributed by atoms with van der Waals surface area (Å²) in [6.07, 6.45) is 1.93. The minimum absolute atomic E-state index is 0.00591. The summed E-state index contributed by atoms with van der Waals surface area (Å²) in [7, 11) is 0. The normalized spacial score (nSPS) is 35.9. The number of fused-ring (bicyclic) bond motifs is 3. The molecular formula is C20H28O4. The van der Waals surface area contributed by atoms with Crippen LogP contribution in [0.25, 0.3) is 0 Å². The number of aliphatic hydroxyl groups excluding tert-OH is 1. The highest BCUT2D eigenvalue weighted by atomic mass is 16.4. The van der Waals surface area contributed by atoms with Crippen LogP contribution in [0.5, 0.6) is 0 Å². The van der Waals surface area contributed by atoms with Crippen molar-refractivity contribution in [3.05, 3.63) is 34.9 Å². The second-order valence-corrected chi connectivity index (χ2v) is 8.72. The summed E-state index contributed by atoms with van der Waals surface area (Å²) < 4.78 is 0. The van der Waals surface area contributed by atoms with E-state index < -0.39 is 23.1 Å². The van der Waals surface area contributed by atoms with E-state index in [4.69, 9.17) is 0 Å². The van der Waals surface area contributed by atoms with Gasteiger partial charge in [0.1, 0.15) is 0 Å². The molecule has 0 saturated heterocycles. The molecule has 132 valence electrons. The molecule has 24 heavy (non-hydrogen) atoms. The second kappa shape index (κ2) is 5.30. The van der Waals surface area contributed by atoms with Crippen LogP contribution in [0.3, 0.4) is 0 Å². The Morgan fingerprint density at radius 3 is 2.50 bits per heavy atom. The van der Waals surface area contributed by atoms with Gasteiger partial charge in [-0.1, -0.05) is 25.1 Å². The maximum Gasteiger partial charge on any atom is 0.309 e. The molecule has 1 saturated carbocycles. The Kier molecular flexibility index (Phi) is 3.85. The van der Waals surface area contributed by atoms with Crippen molar-refractivity contribution in [1.82, 2.24) is 0 Å². The number of hydrogen-bond acceptors (Lipinski definition) is 3. The Morgan fingerprint density at radius 1 is 1.25 bits per heavy atom. The van der Waals surface area contributed by atoms with Crippen molar-refractivity contribution in [3.63, 3.8) is 0 Å². The highest BCUT2D eigenvalue weighted by Crippen LogP contribution is 2.57. The molecule has 2 aliphatic carbocycles. The first kappa shape index (κ1) is 17.4. The number of carboxylic acids is 1. The second-order valence-electron chi connectivity index (χ2n) is 8.72. The van der Waals surface area contributed by atoms with Crippen LogP contribution in [0.4, 0.5) is 0 Å². The summed E-state index contributed by atoms with van der Waals surface area (Å²) in [6, 6.07) is 6.02. The molecule has 0 heterocycles. The zero-order valence-electron chi connectivity index (χ0n) is 15.0. The van der Waals surface area contributed by atoms with Gasteiger partial charge in [-0.15, -0.1) is 0 Å². The molecule has 0 bridgehead atoms. The van der Waals surface area contributed by atoms with Gasteiger partial charge in [-0.25, -0.2) is 0 Å². The number of aliphatic carboxylic acids is 1. The van der Waals surface area contributed by atoms with E-state index in [2.05, 4.69) is 13.0 Å². The number of carboxylic acid groups (broad SMARTS) is 1. The van der Waals surface area contributed by atoms with Crippen LogP contribution < -0.4 is 0 Å². The van der Waals surface area contributed by atoms with Gasteiger partial charge in [-0.2, -0.15) is 0 Å². The maximum atomic E-state index is 12.0. The average molecular weight is 332 g/mol. The maximum absolute atomic E-state index is 12.0. The van der Waals surface area contributed by atoms with Crippen molar-refractivity contribution in [1.29, 1.82) is 0 Å². The first-order valence-electron chi connectivity index (χ1n) is 8.76. The Bertz CT molecular complexity index is 675. The van der Waals surface area contributed by atoms with Gasteiger partial charge in [0, 0.05) is 0 Å². The van der Waals surface area contributed by atoms with Crippen LogP contribution in [-0.2, 0) is 22.2 Å². The Morgan fingerprint density at radius 2 is 1.92 bits per heavy atom. The molecule has 1 aromatic carbocycles. The molecule has 0 radical (unpaired) electrons. The molecule has 4 nitrogen and oxygen atoms in total. The quantitative estimate of drug-likeness (QED) is 0.778. The van der Waals surface area contributed by atoms with Gasteiger partial charge < -0.3 is 15.3 Å². The lowest BCUT2D eigenvalue weighted by Gasteiger charge is -2.55. The van der Waals surface area contributed by atoms with Gasteiger partial charge >= 0.3 is 5.97 Å². The van der Waals surface area contributed by atoms with E-state index >= 15 is 0 Å². The fourth-order valence-corrected chi connectivity index (χ4v) is 5.25. The van der Waals surface area contributed by atoms with Gasteiger partial charge in [0.25, 0.3) is 0 Å². The zero-order chi connectivity index (χ0) is 17.9. The minimum Gasteiger partial charge on any atom is -0.481 e. The van der Waals surface area contributed by atoms with Gasteiger partial charge in [0.2, 0.25) is 0 Å². The predicted molar refractivity (Wildman–Crippen MR) is 91.8 cm³/mol. The van der Waals surface area contributed by atoms with E-state index in [0.717, 1.165) is 24.0 Å². The monoisotopic (exact) mass is 332 g/mol. The molecule has 1 fully saturated rings. The number of aliphatic hydroxyl groups is 2. The Hall–Kier alpha value is -1.39. The largest absolute Gasteiger partial charge is 0.481 e. The Labute approximate surface area is 143 Å². The summed E-state index contributed by atoms with van der Waals surface area (Å²) in [6.45, 7) is 7.43. The van der Waals surface area contributed by atoms with Crippen molar-refractivity contribution in [2.75, 3.05) is 0 Å². The van der Waals surface area contributed by atoms with Crippen LogP contribution in [0.1, 0.15) is 63.6 Å². The summed E-state index contributed by atoms with van der Waals surface area (Å²) in [5.74, 6) is -0.805. The molecule has 4 atom stereocenters. The first-order valence-corrected chi connectivity index (χ1v) is 8.76. The predicted octanol–water partition coefficient (Wildman–Crippen LogP) is 2.98. The first-order chi connectivity index (χ1) is 11.0. The number of benzene rings is 1. The lowest BCUT2D eigenvalue weighted by molar-refractivity contribution is -0.162. The molecular weight excluding hydrogens is 304 g/mol. The van der Waals surface area contributed by atoms with Gasteiger partial charge in [-0.3, -0.25) is 4.79 Å². The molecule has 0 aliphatic heterocycles. The number of carbonyl (C=O) groups is 1. The topological polar surface area (TPSA) is 77.8 Å². The van der Waals surface area contributed by atoms with Gasteiger partial charge in [0.15, 0.2) is 0 Å². The van der Waals surface area contributed by atoms with E-state index in [-0.39, 0.29) is 11.3 Å². The SMILES string of the molecule is CC(C)(O)c1ccc2c(c1)CC[C@@H]1[C@](C)(C(=O)O)C[C@H](O)C[C@]21C. The summed E-state index contributed by atoms with van der Waals surface area (Å²) in [5.41, 5.74) is 1.04. The smallest absolute Gasteiger partial charge is 0.309 e. The zero-order valence-corrected chi connectivity index (χ0v) is 15.0. The fourth-order valence-electron chi connectivity index (χ4n) is 5.25. The third kappa shape index (κ3) is 2.47. The summed E-state index contributed by atoms with van der Waals surface area (Å²) in [4.78, 5) is 12.0. The van der Waals surface area contributed by atoms with Crippen LogP contribution in [0, 0.1) is 11.3 Å². The van der Waals surface area contributed by atoms with Crippen LogP contribution in [0.2, 0.25) is 0 Å². The Balaban J connectivity index is 2.11. The highest BCUT2D eigenvalue weighted by molar-refractivity contribution is 5.75. The molecule has 0 aromatic heterocycles. The van der Waals surface area contributed by atoms with E-state index in [1.807, 2.05) is 12.1 Å². The average Bonchev–Trinajstić information content (AvgIpc) is 2.44. The lowest BCUT2D eigenvalue weighted by Crippen LogP contribution is -2.56. The van der Waals surface area contributed by atoms with E-state index in [9.17, 15) is 20.1 Å². The number of hydrogen-bond donors (Lipinski definition) is 3. The molecule has 1 aromatic rings. The van der Waals surface area contributed by atoms with Crippen LogP contribution in [-0.4, -0.2) is 27.4 Å². The third-order valence-electron chi connectivity index (χ3n) is 6.48. The van der Waals surface area contributed by atoms with E-state index in [0.29, 0.717) is 12.8 Å². The van der Waals surface area contributed by atoms with Crippen molar-refractivity contribution in [2.45, 2.75) is 70.5 Å². The molecule has 0 unspecified atom stereocenters. The van der Waals surface area contributed by atoms with Crippen LogP contribution >= 0.6 is 0 Å². The molecule has 0 amide bonds. The van der Waals surface area contributed by atoms with Gasteiger partial charge in [0.05, 0.1) is 17.1 Å².